The minimum atomic E-state index is -1.53. The Morgan fingerprint density at radius 3 is 2.42 bits per heavy atom. The normalized spacial score (nSPS) is 46.5. The third-order valence-corrected chi connectivity index (χ3v) is 12.2. The summed E-state index contributed by atoms with van der Waals surface area (Å²) in [6.07, 6.45) is 13.1. The van der Waals surface area contributed by atoms with Crippen molar-refractivity contribution in [3.63, 3.8) is 0 Å². The molecule has 0 radical (unpaired) electrons. The van der Waals surface area contributed by atoms with Crippen LogP contribution in [0.15, 0.2) is 59.3 Å². The van der Waals surface area contributed by atoms with Crippen LogP contribution in [0.25, 0.3) is 0 Å². The number of methoxy groups -OCH3 is 2. The largest absolute Gasteiger partial charge is 0.462 e. The van der Waals surface area contributed by atoms with E-state index in [0.29, 0.717) is 37.2 Å². The lowest BCUT2D eigenvalue weighted by atomic mass is 9.71. The molecule has 2 N–H and O–H groups in total. The Morgan fingerprint density at radius 1 is 0.981 bits per heavy atom. The average Bonchev–Trinajstić information content (AvgIpc) is 3.11. The van der Waals surface area contributed by atoms with Gasteiger partial charge in [-0.05, 0) is 62.8 Å². The summed E-state index contributed by atoms with van der Waals surface area (Å²) < 4.78 is 44.3. The number of aliphatic hydroxyl groups excluding tert-OH is 1. The van der Waals surface area contributed by atoms with Crippen molar-refractivity contribution in [1.82, 2.24) is 0 Å². The molecule has 292 valence electrons. The highest BCUT2D eigenvalue weighted by atomic mass is 16.7. The van der Waals surface area contributed by atoms with E-state index >= 15 is 0 Å². The number of allylic oxidation sites excluding steroid dienone is 2. The number of carbonyl (C=O) groups excluding carboxylic acids is 1. The minimum Gasteiger partial charge on any atom is -0.462 e. The summed E-state index contributed by atoms with van der Waals surface area (Å²) in [7, 11) is 3.21. The number of rotatable bonds is 6. The van der Waals surface area contributed by atoms with Gasteiger partial charge in [0.1, 0.15) is 23.7 Å². The molecule has 0 saturated carbocycles. The van der Waals surface area contributed by atoms with Crippen molar-refractivity contribution in [2.75, 3.05) is 14.2 Å². The van der Waals surface area contributed by atoms with E-state index in [1.807, 2.05) is 51.2 Å². The molecule has 1 aliphatic carbocycles. The van der Waals surface area contributed by atoms with E-state index in [1.54, 1.807) is 14.2 Å². The van der Waals surface area contributed by atoms with Gasteiger partial charge in [-0.15, -0.1) is 0 Å². The van der Waals surface area contributed by atoms with E-state index in [0.717, 1.165) is 17.6 Å². The van der Waals surface area contributed by atoms with Gasteiger partial charge in [0.2, 0.25) is 0 Å². The summed E-state index contributed by atoms with van der Waals surface area (Å²) in [6, 6.07) is 0. The van der Waals surface area contributed by atoms with Crippen molar-refractivity contribution in [1.29, 1.82) is 0 Å². The number of aliphatic hydroxyl groups is 2. The van der Waals surface area contributed by atoms with Crippen molar-refractivity contribution < 1.29 is 48.2 Å². The molecule has 4 heterocycles. The molecule has 10 nitrogen and oxygen atoms in total. The number of fused-ring (bicyclic) bond motifs is 3. The molecule has 0 aromatic heterocycles. The topological polar surface area (TPSA) is 122 Å². The third kappa shape index (κ3) is 8.86. The van der Waals surface area contributed by atoms with Crippen LogP contribution in [-0.2, 0) is 38.0 Å². The van der Waals surface area contributed by atoms with Gasteiger partial charge in [-0.25, -0.2) is 0 Å². The van der Waals surface area contributed by atoms with Gasteiger partial charge in [0, 0.05) is 51.7 Å². The Morgan fingerprint density at radius 2 is 1.73 bits per heavy atom. The summed E-state index contributed by atoms with van der Waals surface area (Å²) >= 11 is 0. The standard InChI is InChI=1S/C42H64O10/c1-11-24(2)39-27(5)17-18-41(52-39)22-32-20-31(51-41)16-15-26(4)38(50-36-21-34(46-9)37(43)30(8)48-36)25(3)13-12-14-29(7)42(45)23-35(47-10)28(6)19-33(42)40(44)49-32/h12-15,17-19,24-25,27,30-39,43,45H,11,16,20-23H2,1-10H3/b13-12-,26-15+,29-14+/t24-,25-,27-,30-,31+,32-,33-,34-,35-,36-,37-,38-,39+,41+,42+/m0/s1. The third-order valence-electron chi connectivity index (χ3n) is 12.2. The fraction of sp³-hybridized carbons (Fsp3) is 0.738. The lowest BCUT2D eigenvalue weighted by Gasteiger charge is -2.48. The van der Waals surface area contributed by atoms with Crippen molar-refractivity contribution in [2.45, 2.75) is 160 Å². The van der Waals surface area contributed by atoms with Crippen molar-refractivity contribution >= 4 is 5.97 Å². The average molecular weight is 729 g/mol. The van der Waals surface area contributed by atoms with Gasteiger partial charge in [-0.2, -0.15) is 0 Å². The maximum Gasteiger partial charge on any atom is 0.316 e. The smallest absolute Gasteiger partial charge is 0.316 e. The first-order valence-electron chi connectivity index (χ1n) is 19.4. The predicted molar refractivity (Wildman–Crippen MR) is 198 cm³/mol. The lowest BCUT2D eigenvalue weighted by molar-refractivity contribution is -0.300. The summed E-state index contributed by atoms with van der Waals surface area (Å²) in [4.78, 5) is 14.2. The molecule has 2 fully saturated rings. The number of ether oxygens (including phenoxy) is 7. The minimum absolute atomic E-state index is 0.0502. The Kier molecular flexibility index (Phi) is 13.5. The Labute approximate surface area is 311 Å². The number of hydrogen-bond acceptors (Lipinski definition) is 10. The molecule has 1 spiro atoms. The van der Waals surface area contributed by atoms with Crippen LogP contribution in [-0.4, -0.2) is 96.9 Å². The molecule has 0 unspecified atom stereocenters. The fourth-order valence-electron chi connectivity index (χ4n) is 8.59. The molecule has 0 aromatic carbocycles. The van der Waals surface area contributed by atoms with Crippen LogP contribution in [0.3, 0.4) is 0 Å². The highest BCUT2D eigenvalue weighted by molar-refractivity contribution is 5.78. The van der Waals surface area contributed by atoms with Crippen LogP contribution < -0.4 is 0 Å². The molecule has 2 bridgehead atoms. The van der Waals surface area contributed by atoms with E-state index in [1.165, 1.54) is 0 Å². The van der Waals surface area contributed by atoms with Crippen LogP contribution in [0.1, 0.15) is 93.9 Å². The molecular weight excluding hydrogens is 664 g/mol. The van der Waals surface area contributed by atoms with E-state index in [-0.39, 0.29) is 42.7 Å². The highest BCUT2D eigenvalue weighted by Gasteiger charge is 2.51. The maximum absolute atomic E-state index is 14.2. The molecule has 52 heavy (non-hydrogen) atoms. The van der Waals surface area contributed by atoms with Gasteiger partial charge in [-0.3, -0.25) is 4.79 Å². The first kappa shape index (κ1) is 41.0. The summed E-state index contributed by atoms with van der Waals surface area (Å²) in [5, 5.41) is 23.0. The van der Waals surface area contributed by atoms with Gasteiger partial charge in [0.05, 0.1) is 36.6 Å². The Bertz CT molecular complexity index is 1400. The Hall–Kier alpha value is -2.15. The predicted octanol–water partition coefficient (Wildman–Crippen LogP) is 6.51. The van der Waals surface area contributed by atoms with Crippen LogP contribution in [0.2, 0.25) is 0 Å². The quantitative estimate of drug-likeness (QED) is 0.231. The van der Waals surface area contributed by atoms with Crippen molar-refractivity contribution in [3.05, 3.63) is 59.3 Å². The second-order valence-electron chi connectivity index (χ2n) is 16.1. The van der Waals surface area contributed by atoms with Gasteiger partial charge in [0.15, 0.2) is 12.1 Å². The lowest BCUT2D eigenvalue weighted by Crippen LogP contribution is -2.54. The number of carbonyl (C=O) groups is 1. The molecule has 0 amide bonds. The van der Waals surface area contributed by atoms with Gasteiger partial charge >= 0.3 is 5.97 Å². The van der Waals surface area contributed by atoms with Crippen molar-refractivity contribution in [3.8, 4) is 0 Å². The van der Waals surface area contributed by atoms with E-state index in [2.05, 4.69) is 46.8 Å². The van der Waals surface area contributed by atoms with E-state index in [9.17, 15) is 15.0 Å². The van der Waals surface area contributed by atoms with Crippen molar-refractivity contribution in [2.24, 2.45) is 23.7 Å². The first-order chi connectivity index (χ1) is 24.6. The molecule has 5 rings (SSSR count). The second kappa shape index (κ2) is 17.1. The van der Waals surface area contributed by atoms with Crippen LogP contribution in [0.4, 0.5) is 0 Å². The molecule has 15 atom stereocenters. The van der Waals surface area contributed by atoms with Crippen LogP contribution >= 0.6 is 0 Å². The Balaban J connectivity index is 1.54. The molecule has 4 aliphatic heterocycles. The maximum atomic E-state index is 14.2. The number of esters is 1. The SMILES string of the molecule is CC[C@H](C)[C@H]1O[C@]2(C=C[C@@H]1C)C[C@@H]1C[C@@H](C/C=C(\C)[C@@H](O[C@H]3C[C@H](OC)[C@@H](O)[C@H](C)O3)[C@@H](C)/C=C\C=C(/C)[C@]3(O)C[C@H](OC)C(C)=C[C@H]3C(=O)O1)O2. The molecule has 5 aliphatic rings. The van der Waals surface area contributed by atoms with Crippen LogP contribution in [0, 0.1) is 23.7 Å². The zero-order valence-electron chi connectivity index (χ0n) is 33.0. The zero-order chi connectivity index (χ0) is 38.0. The second-order valence-corrected chi connectivity index (χ2v) is 16.1. The molecular formula is C42H64O10. The monoisotopic (exact) mass is 728 g/mol. The fourth-order valence-corrected chi connectivity index (χ4v) is 8.59. The van der Waals surface area contributed by atoms with Gasteiger partial charge < -0.3 is 43.4 Å². The van der Waals surface area contributed by atoms with E-state index in [4.69, 9.17) is 33.2 Å². The first-order valence-corrected chi connectivity index (χ1v) is 19.4. The summed E-state index contributed by atoms with van der Waals surface area (Å²) in [5.74, 6) is -2.04. The van der Waals surface area contributed by atoms with E-state index < -0.39 is 54.0 Å². The molecule has 0 aromatic rings. The van der Waals surface area contributed by atoms with Crippen LogP contribution in [0.5, 0.6) is 0 Å². The zero-order valence-corrected chi connectivity index (χ0v) is 33.0. The summed E-state index contributed by atoms with van der Waals surface area (Å²) in [6.45, 7) is 16.3. The van der Waals surface area contributed by atoms with Gasteiger partial charge in [-0.1, -0.05) is 70.6 Å². The summed E-state index contributed by atoms with van der Waals surface area (Å²) in [5.41, 5.74) is 0.982. The molecule has 10 heteroatoms. The molecule has 2 saturated heterocycles. The van der Waals surface area contributed by atoms with Gasteiger partial charge in [0.25, 0.3) is 0 Å². The highest BCUT2D eigenvalue weighted by Crippen LogP contribution is 2.44. The number of hydrogen-bond donors (Lipinski definition) is 2.